The van der Waals surface area contributed by atoms with Crippen LogP contribution in [0.2, 0.25) is 5.02 Å². The van der Waals surface area contributed by atoms with E-state index in [4.69, 9.17) is 21.6 Å². The minimum Gasteiger partial charge on any atom is -0.495 e. The van der Waals surface area contributed by atoms with Crippen molar-refractivity contribution in [2.24, 2.45) is 0 Å². The third-order valence-electron chi connectivity index (χ3n) is 2.80. The van der Waals surface area contributed by atoms with Crippen LogP contribution in [0.3, 0.4) is 0 Å². The number of hydrogen-bond acceptors (Lipinski definition) is 3. The smallest absolute Gasteiger partial charge is 0.146 e. The van der Waals surface area contributed by atoms with Gasteiger partial charge >= 0.3 is 0 Å². The fourth-order valence-corrected chi connectivity index (χ4v) is 1.94. The first-order valence-corrected chi connectivity index (χ1v) is 6.28. The number of benzene rings is 2. The van der Waals surface area contributed by atoms with Crippen LogP contribution in [0.1, 0.15) is 11.1 Å². The van der Waals surface area contributed by atoms with Gasteiger partial charge in [0.1, 0.15) is 17.6 Å². The van der Waals surface area contributed by atoms with E-state index in [9.17, 15) is 4.39 Å². The van der Waals surface area contributed by atoms with E-state index in [1.165, 1.54) is 25.3 Å². The standard InChI is InChI=1S/C15H12ClFN2O/c1-20-15-6-10(2-3-11(15)8-18)9-19-14-7-12(16)4-5-13(14)17/h2-7,19H,9H2,1H3. The lowest BCUT2D eigenvalue weighted by atomic mass is 10.1. The van der Waals surface area contributed by atoms with Gasteiger partial charge in [0, 0.05) is 11.6 Å². The summed E-state index contributed by atoms with van der Waals surface area (Å²) in [7, 11) is 1.50. The molecule has 0 aromatic heterocycles. The second-order valence-electron chi connectivity index (χ2n) is 4.12. The van der Waals surface area contributed by atoms with Gasteiger partial charge in [-0.1, -0.05) is 17.7 Å². The summed E-state index contributed by atoms with van der Waals surface area (Å²) in [5.74, 6) is 0.133. The molecule has 3 nitrogen and oxygen atoms in total. The second-order valence-corrected chi connectivity index (χ2v) is 4.56. The molecule has 0 aliphatic rings. The fourth-order valence-electron chi connectivity index (χ4n) is 1.77. The number of rotatable bonds is 4. The van der Waals surface area contributed by atoms with Crippen molar-refractivity contribution < 1.29 is 9.13 Å². The Hall–Kier alpha value is -2.25. The predicted molar refractivity (Wildman–Crippen MR) is 76.4 cm³/mol. The third kappa shape index (κ3) is 3.19. The molecule has 0 unspecified atom stereocenters. The molecule has 0 atom stereocenters. The van der Waals surface area contributed by atoms with Gasteiger partial charge in [0.05, 0.1) is 18.4 Å². The number of nitrogens with one attached hydrogen (secondary N) is 1. The average Bonchev–Trinajstić information content (AvgIpc) is 2.47. The van der Waals surface area contributed by atoms with Crippen LogP contribution in [0.4, 0.5) is 10.1 Å². The van der Waals surface area contributed by atoms with Crippen molar-refractivity contribution in [2.75, 3.05) is 12.4 Å². The lowest BCUT2D eigenvalue weighted by Gasteiger charge is -2.10. The van der Waals surface area contributed by atoms with Crippen molar-refractivity contribution in [1.82, 2.24) is 0 Å². The molecule has 1 N–H and O–H groups in total. The van der Waals surface area contributed by atoms with E-state index < -0.39 is 0 Å². The van der Waals surface area contributed by atoms with Gasteiger partial charge in [-0.05, 0) is 35.9 Å². The molecule has 0 bridgehead atoms. The third-order valence-corrected chi connectivity index (χ3v) is 3.03. The van der Waals surface area contributed by atoms with Crippen molar-refractivity contribution in [3.63, 3.8) is 0 Å². The van der Waals surface area contributed by atoms with Gasteiger partial charge in [0.25, 0.3) is 0 Å². The number of nitriles is 1. The number of anilines is 1. The zero-order chi connectivity index (χ0) is 14.5. The Labute approximate surface area is 121 Å². The van der Waals surface area contributed by atoms with Gasteiger partial charge in [-0.3, -0.25) is 0 Å². The molecule has 0 saturated heterocycles. The van der Waals surface area contributed by atoms with Crippen LogP contribution in [0, 0.1) is 17.1 Å². The first-order chi connectivity index (χ1) is 9.63. The molecule has 0 fully saturated rings. The lowest BCUT2D eigenvalue weighted by molar-refractivity contribution is 0.413. The van der Waals surface area contributed by atoms with Gasteiger partial charge < -0.3 is 10.1 Å². The number of ether oxygens (including phenoxy) is 1. The van der Waals surface area contributed by atoms with Crippen LogP contribution in [-0.4, -0.2) is 7.11 Å². The van der Waals surface area contributed by atoms with Crippen LogP contribution >= 0.6 is 11.6 Å². The van der Waals surface area contributed by atoms with Crippen molar-refractivity contribution in [2.45, 2.75) is 6.54 Å². The minimum atomic E-state index is -0.366. The Morgan fingerprint density at radius 2 is 2.10 bits per heavy atom. The second kappa shape index (κ2) is 6.27. The number of methoxy groups -OCH3 is 1. The zero-order valence-electron chi connectivity index (χ0n) is 10.8. The first-order valence-electron chi connectivity index (χ1n) is 5.90. The Balaban J connectivity index is 2.15. The molecule has 5 heteroatoms. The van der Waals surface area contributed by atoms with Crippen LogP contribution < -0.4 is 10.1 Å². The highest BCUT2D eigenvalue weighted by Crippen LogP contribution is 2.22. The maximum Gasteiger partial charge on any atom is 0.146 e. The Kier molecular flexibility index (Phi) is 4.44. The van der Waals surface area contributed by atoms with E-state index in [0.29, 0.717) is 28.6 Å². The largest absolute Gasteiger partial charge is 0.495 e. The molecule has 2 aromatic rings. The van der Waals surface area contributed by atoms with Crippen molar-refractivity contribution in [3.05, 3.63) is 58.4 Å². The monoisotopic (exact) mass is 290 g/mol. The van der Waals surface area contributed by atoms with Gasteiger partial charge in [-0.15, -0.1) is 0 Å². The highest BCUT2D eigenvalue weighted by Gasteiger charge is 2.06. The molecule has 0 radical (unpaired) electrons. The molecule has 0 aliphatic carbocycles. The van der Waals surface area contributed by atoms with Gasteiger partial charge in [-0.25, -0.2) is 4.39 Å². The number of hydrogen-bond donors (Lipinski definition) is 1. The summed E-state index contributed by atoms with van der Waals surface area (Å²) in [4.78, 5) is 0. The minimum absolute atomic E-state index is 0.334. The Morgan fingerprint density at radius 1 is 1.30 bits per heavy atom. The first kappa shape index (κ1) is 14.2. The van der Waals surface area contributed by atoms with E-state index in [-0.39, 0.29) is 5.82 Å². The summed E-state index contributed by atoms with van der Waals surface area (Å²) in [6.45, 7) is 0.402. The highest BCUT2D eigenvalue weighted by molar-refractivity contribution is 6.30. The van der Waals surface area contributed by atoms with Crippen molar-refractivity contribution >= 4 is 17.3 Å². The zero-order valence-corrected chi connectivity index (χ0v) is 11.5. The normalized spacial score (nSPS) is 9.90. The average molecular weight is 291 g/mol. The van der Waals surface area contributed by atoms with E-state index >= 15 is 0 Å². The van der Waals surface area contributed by atoms with Gasteiger partial charge in [-0.2, -0.15) is 5.26 Å². The van der Waals surface area contributed by atoms with Crippen molar-refractivity contribution in [3.8, 4) is 11.8 Å². The predicted octanol–water partition coefficient (Wildman–Crippen LogP) is 3.97. The molecule has 2 aromatic carbocycles. The molecule has 0 spiro atoms. The fraction of sp³-hybridized carbons (Fsp3) is 0.133. The van der Waals surface area contributed by atoms with Crippen LogP contribution in [0.25, 0.3) is 0 Å². The van der Waals surface area contributed by atoms with E-state index in [1.54, 1.807) is 18.2 Å². The SMILES string of the molecule is COc1cc(CNc2cc(Cl)ccc2F)ccc1C#N. The topological polar surface area (TPSA) is 45.0 Å². The maximum absolute atomic E-state index is 13.5. The molecular formula is C15H12ClFN2O. The summed E-state index contributed by atoms with van der Waals surface area (Å²) >= 11 is 5.82. The van der Waals surface area contributed by atoms with E-state index in [2.05, 4.69) is 5.32 Å². The van der Waals surface area contributed by atoms with Crippen molar-refractivity contribution in [1.29, 1.82) is 5.26 Å². The number of nitrogens with zero attached hydrogens (tertiary/aromatic N) is 1. The maximum atomic E-state index is 13.5. The summed E-state index contributed by atoms with van der Waals surface area (Å²) < 4.78 is 18.7. The molecule has 2 rings (SSSR count). The van der Waals surface area contributed by atoms with Crippen LogP contribution in [0.15, 0.2) is 36.4 Å². The molecule has 0 saturated carbocycles. The van der Waals surface area contributed by atoms with E-state index in [0.717, 1.165) is 5.56 Å². The summed E-state index contributed by atoms with van der Waals surface area (Å²) in [5, 5.41) is 12.3. The summed E-state index contributed by atoms with van der Waals surface area (Å²) in [6, 6.07) is 11.6. The van der Waals surface area contributed by atoms with E-state index in [1.807, 2.05) is 6.07 Å². The highest BCUT2D eigenvalue weighted by atomic mass is 35.5. The molecule has 0 aliphatic heterocycles. The molecule has 102 valence electrons. The quantitative estimate of drug-likeness (QED) is 0.926. The van der Waals surface area contributed by atoms with Crippen LogP contribution in [0.5, 0.6) is 5.75 Å². The van der Waals surface area contributed by atoms with Gasteiger partial charge in [0.2, 0.25) is 0 Å². The summed E-state index contributed by atoms with van der Waals surface area (Å²) in [6.07, 6.45) is 0. The molecule has 0 heterocycles. The Morgan fingerprint density at radius 3 is 2.80 bits per heavy atom. The molecule has 0 amide bonds. The molecular weight excluding hydrogens is 279 g/mol. The number of halogens is 2. The van der Waals surface area contributed by atoms with Crippen LogP contribution in [-0.2, 0) is 6.54 Å². The Bertz CT molecular complexity index is 667. The molecule has 20 heavy (non-hydrogen) atoms. The summed E-state index contributed by atoms with van der Waals surface area (Å²) in [5.41, 5.74) is 1.67. The van der Waals surface area contributed by atoms with Gasteiger partial charge in [0.15, 0.2) is 0 Å². The lowest BCUT2D eigenvalue weighted by Crippen LogP contribution is -2.02.